The number of rotatable bonds is 4. The van der Waals surface area contributed by atoms with Gasteiger partial charge in [-0.3, -0.25) is 4.98 Å². The molecular formula is C17H28N2O. The molecular weight excluding hydrogens is 248 g/mol. The maximum atomic E-state index is 6.21. The normalized spacial score (nSPS) is 27.5. The van der Waals surface area contributed by atoms with Crippen molar-refractivity contribution in [1.82, 2.24) is 4.98 Å². The molecule has 1 fully saturated rings. The molecule has 1 aliphatic carbocycles. The Morgan fingerprint density at radius 2 is 1.85 bits per heavy atom. The quantitative estimate of drug-likeness (QED) is 0.915. The van der Waals surface area contributed by atoms with Crippen molar-refractivity contribution >= 4 is 0 Å². The molecule has 3 heteroatoms. The second-order valence-corrected chi connectivity index (χ2v) is 7.17. The monoisotopic (exact) mass is 276 g/mol. The van der Waals surface area contributed by atoms with Crippen LogP contribution in [0.5, 0.6) is 0 Å². The average Bonchev–Trinajstić information content (AvgIpc) is 2.46. The summed E-state index contributed by atoms with van der Waals surface area (Å²) >= 11 is 0. The molecule has 0 bridgehead atoms. The number of hydrogen-bond acceptors (Lipinski definition) is 3. The smallest absolute Gasteiger partial charge is 0.0808 e. The molecule has 1 aromatic rings. The molecule has 3 nitrogen and oxygen atoms in total. The van der Waals surface area contributed by atoms with Gasteiger partial charge in [-0.15, -0.1) is 0 Å². The van der Waals surface area contributed by atoms with Crippen molar-refractivity contribution in [3.05, 3.63) is 30.1 Å². The van der Waals surface area contributed by atoms with Gasteiger partial charge >= 0.3 is 0 Å². The van der Waals surface area contributed by atoms with Crippen LogP contribution in [0.4, 0.5) is 0 Å². The first-order valence-electron chi connectivity index (χ1n) is 7.68. The second-order valence-electron chi connectivity index (χ2n) is 7.17. The zero-order valence-electron chi connectivity index (χ0n) is 13.1. The molecule has 0 aromatic carbocycles. The topological polar surface area (TPSA) is 48.1 Å². The average molecular weight is 276 g/mol. The predicted molar refractivity (Wildman–Crippen MR) is 82.2 cm³/mol. The van der Waals surface area contributed by atoms with Crippen LogP contribution in [0.3, 0.4) is 0 Å². The molecule has 0 aliphatic heterocycles. The summed E-state index contributed by atoms with van der Waals surface area (Å²) in [6, 6.07) is 4.01. The van der Waals surface area contributed by atoms with Crippen LogP contribution in [-0.2, 0) is 11.3 Å². The van der Waals surface area contributed by atoms with Crippen LogP contribution < -0.4 is 5.73 Å². The van der Waals surface area contributed by atoms with Crippen molar-refractivity contribution in [3.63, 3.8) is 0 Å². The summed E-state index contributed by atoms with van der Waals surface area (Å²) in [5.41, 5.74) is 7.47. The van der Waals surface area contributed by atoms with Crippen molar-refractivity contribution in [2.24, 2.45) is 17.1 Å². The van der Waals surface area contributed by atoms with Gasteiger partial charge in [-0.05, 0) is 54.7 Å². The Kier molecular flexibility index (Phi) is 4.82. The van der Waals surface area contributed by atoms with E-state index in [-0.39, 0.29) is 5.60 Å². The lowest BCUT2D eigenvalue weighted by atomic mass is 9.68. The van der Waals surface area contributed by atoms with Crippen molar-refractivity contribution < 1.29 is 4.74 Å². The number of nitrogens with zero attached hydrogens (tertiary/aromatic N) is 1. The predicted octanol–water partition coefficient (Wildman–Crippen LogP) is 3.53. The molecule has 0 atom stereocenters. The van der Waals surface area contributed by atoms with Crippen LogP contribution in [0.15, 0.2) is 24.5 Å². The Morgan fingerprint density at radius 3 is 2.35 bits per heavy atom. The van der Waals surface area contributed by atoms with Gasteiger partial charge in [-0.25, -0.2) is 0 Å². The third-order valence-corrected chi connectivity index (χ3v) is 4.79. The van der Waals surface area contributed by atoms with Gasteiger partial charge < -0.3 is 10.5 Å². The molecule has 0 spiro atoms. The van der Waals surface area contributed by atoms with E-state index in [9.17, 15) is 0 Å². The second kappa shape index (κ2) is 6.23. The Hall–Kier alpha value is -0.930. The van der Waals surface area contributed by atoms with Crippen LogP contribution >= 0.6 is 0 Å². The van der Waals surface area contributed by atoms with Crippen molar-refractivity contribution in [3.8, 4) is 0 Å². The molecule has 0 amide bonds. The fourth-order valence-electron chi connectivity index (χ4n) is 3.13. The fourth-order valence-corrected chi connectivity index (χ4v) is 3.13. The summed E-state index contributed by atoms with van der Waals surface area (Å²) in [4.78, 5) is 4.03. The molecule has 1 heterocycles. The lowest BCUT2D eigenvalue weighted by Gasteiger charge is -2.43. The maximum Gasteiger partial charge on any atom is 0.0808 e. The number of pyridine rings is 1. The summed E-state index contributed by atoms with van der Waals surface area (Å²) < 4.78 is 6.21. The first-order chi connectivity index (χ1) is 9.45. The molecule has 112 valence electrons. The Morgan fingerprint density at radius 1 is 1.25 bits per heavy atom. The van der Waals surface area contributed by atoms with E-state index in [1.807, 2.05) is 24.5 Å². The fraction of sp³-hybridized carbons (Fsp3) is 0.706. The first-order valence-corrected chi connectivity index (χ1v) is 7.68. The third kappa shape index (κ3) is 3.80. The zero-order valence-corrected chi connectivity index (χ0v) is 13.1. The number of nitrogens with two attached hydrogens (primary N) is 1. The van der Waals surface area contributed by atoms with E-state index >= 15 is 0 Å². The van der Waals surface area contributed by atoms with Gasteiger partial charge in [-0.2, -0.15) is 0 Å². The van der Waals surface area contributed by atoms with E-state index in [1.54, 1.807) is 0 Å². The number of aromatic nitrogens is 1. The maximum absolute atomic E-state index is 6.21. The van der Waals surface area contributed by atoms with Crippen LogP contribution in [0, 0.1) is 11.3 Å². The minimum atomic E-state index is -0.120. The standard InChI is InChI=1S/C17H28N2O/c1-16(2,3)15-4-8-17(13-18,9-5-15)20-12-14-6-10-19-11-7-14/h6-7,10-11,15H,4-5,8-9,12-13,18H2,1-3H3. The molecule has 1 aliphatic rings. The molecule has 1 aromatic heterocycles. The van der Waals surface area contributed by atoms with Gasteiger partial charge in [0, 0.05) is 18.9 Å². The van der Waals surface area contributed by atoms with Crippen molar-refractivity contribution in [1.29, 1.82) is 0 Å². The van der Waals surface area contributed by atoms with E-state index in [0.29, 0.717) is 18.6 Å². The SMILES string of the molecule is CC(C)(C)C1CCC(CN)(OCc2ccncc2)CC1. The summed E-state index contributed by atoms with van der Waals surface area (Å²) in [5.74, 6) is 0.784. The van der Waals surface area contributed by atoms with Gasteiger partial charge in [-0.1, -0.05) is 20.8 Å². The van der Waals surface area contributed by atoms with Gasteiger partial charge in [0.15, 0.2) is 0 Å². The Balaban J connectivity index is 1.92. The molecule has 1 saturated carbocycles. The molecule has 20 heavy (non-hydrogen) atoms. The van der Waals surface area contributed by atoms with Crippen LogP contribution in [0.2, 0.25) is 0 Å². The Labute approximate surface area is 122 Å². The summed E-state index contributed by atoms with van der Waals surface area (Å²) in [7, 11) is 0. The number of hydrogen-bond donors (Lipinski definition) is 1. The molecule has 0 unspecified atom stereocenters. The highest BCUT2D eigenvalue weighted by Gasteiger charge is 2.38. The minimum absolute atomic E-state index is 0.120. The largest absolute Gasteiger partial charge is 0.369 e. The lowest BCUT2D eigenvalue weighted by molar-refractivity contribution is -0.0888. The highest BCUT2D eigenvalue weighted by atomic mass is 16.5. The van der Waals surface area contributed by atoms with E-state index < -0.39 is 0 Å². The van der Waals surface area contributed by atoms with Crippen LogP contribution in [0.25, 0.3) is 0 Å². The minimum Gasteiger partial charge on any atom is -0.369 e. The first kappa shape index (κ1) is 15.5. The van der Waals surface area contributed by atoms with Crippen LogP contribution in [-0.4, -0.2) is 17.1 Å². The van der Waals surface area contributed by atoms with Crippen molar-refractivity contribution in [2.75, 3.05) is 6.54 Å². The Bertz CT molecular complexity index is 403. The third-order valence-electron chi connectivity index (χ3n) is 4.79. The molecule has 0 saturated heterocycles. The van der Waals surface area contributed by atoms with E-state index in [1.165, 1.54) is 18.4 Å². The van der Waals surface area contributed by atoms with Gasteiger partial charge in [0.05, 0.1) is 12.2 Å². The summed E-state index contributed by atoms with van der Waals surface area (Å²) in [6.45, 7) is 8.27. The summed E-state index contributed by atoms with van der Waals surface area (Å²) in [6.07, 6.45) is 8.22. The zero-order chi connectivity index (χ0) is 14.6. The van der Waals surface area contributed by atoms with Gasteiger partial charge in [0.1, 0.15) is 0 Å². The molecule has 2 rings (SSSR count). The van der Waals surface area contributed by atoms with E-state index in [2.05, 4.69) is 25.8 Å². The number of ether oxygens (including phenoxy) is 1. The summed E-state index contributed by atoms with van der Waals surface area (Å²) in [5, 5.41) is 0. The highest BCUT2D eigenvalue weighted by molar-refractivity contribution is 5.08. The molecule has 0 radical (unpaired) electrons. The van der Waals surface area contributed by atoms with E-state index in [0.717, 1.165) is 18.8 Å². The molecule has 2 N–H and O–H groups in total. The van der Waals surface area contributed by atoms with Crippen LogP contribution in [0.1, 0.15) is 52.0 Å². The van der Waals surface area contributed by atoms with E-state index in [4.69, 9.17) is 10.5 Å². The lowest BCUT2D eigenvalue weighted by Crippen LogP contribution is -2.45. The van der Waals surface area contributed by atoms with Crippen molar-refractivity contribution in [2.45, 2.75) is 58.7 Å². The van der Waals surface area contributed by atoms with Gasteiger partial charge in [0.2, 0.25) is 0 Å². The van der Waals surface area contributed by atoms with Gasteiger partial charge in [0.25, 0.3) is 0 Å². The highest BCUT2D eigenvalue weighted by Crippen LogP contribution is 2.42.